The molecule has 0 spiro atoms. The van der Waals surface area contributed by atoms with Crippen LogP contribution in [0.2, 0.25) is 0 Å². The van der Waals surface area contributed by atoms with Gasteiger partial charge in [-0.3, -0.25) is 0 Å². The zero-order chi connectivity index (χ0) is 52.5. The summed E-state index contributed by atoms with van der Waals surface area (Å²) in [5.41, 5.74) is 26.6. The zero-order valence-corrected chi connectivity index (χ0v) is 44.8. The van der Waals surface area contributed by atoms with E-state index >= 15 is 0 Å². The molecule has 0 saturated carbocycles. The maximum atomic E-state index is 2.69. The normalized spacial score (nSPS) is 12.7. The second-order valence-corrected chi connectivity index (χ2v) is 22.3. The van der Waals surface area contributed by atoms with E-state index in [0.29, 0.717) is 0 Å². The van der Waals surface area contributed by atoms with Gasteiger partial charge < -0.3 is 14.4 Å². The summed E-state index contributed by atoms with van der Waals surface area (Å²) >= 11 is 0. The van der Waals surface area contributed by atoms with Crippen molar-refractivity contribution in [3.63, 3.8) is 0 Å². The summed E-state index contributed by atoms with van der Waals surface area (Å²) in [4.78, 5) is 5.35. The third-order valence-corrected chi connectivity index (χ3v) is 16.5. The minimum atomic E-state index is -0.209. The zero-order valence-electron chi connectivity index (χ0n) is 44.8. The van der Waals surface area contributed by atoms with Crippen LogP contribution in [0.4, 0.5) is 34.1 Å². The number of rotatable bonds is 10. The number of aromatic nitrogens is 1. The molecule has 0 saturated heterocycles. The molecule has 0 amide bonds. The first-order valence-corrected chi connectivity index (χ1v) is 27.8. The standard InChI is InChI=1S/C74H60BN3/c1-5-6-24-54-39-40-56(51-27-13-8-14-28-51)46-68(54)77-69-49-58(76-65-37-21-19-33-61(65)62-34-20-22-38-66(62)76)42-43-63(69)75-64-45-55(50-25-11-7-12-26-50)41-44-67(64)78(71-48-57(74(2,3)4)47-70(77)72(71)75)73-59(52-29-15-9-16-30-52)35-23-36-60(73)53-31-17-10-18-32-53/h7-23,25-49H,5-6,24H2,1-4H3. The van der Waals surface area contributed by atoms with E-state index in [9.17, 15) is 0 Å². The maximum absolute atomic E-state index is 2.69. The number of anilines is 6. The number of unbranched alkanes of at least 4 members (excludes halogenated alkanes) is 1. The van der Waals surface area contributed by atoms with E-state index in [1.807, 2.05) is 0 Å². The van der Waals surface area contributed by atoms with Gasteiger partial charge in [0, 0.05) is 56.0 Å². The van der Waals surface area contributed by atoms with Gasteiger partial charge in [-0.15, -0.1) is 0 Å². The lowest BCUT2D eigenvalue weighted by molar-refractivity contribution is 0.590. The van der Waals surface area contributed by atoms with Gasteiger partial charge in [0.25, 0.3) is 6.71 Å². The van der Waals surface area contributed by atoms with Crippen LogP contribution < -0.4 is 26.2 Å². The van der Waals surface area contributed by atoms with Gasteiger partial charge in [0.05, 0.1) is 16.7 Å². The molecular formula is C74H60BN3. The van der Waals surface area contributed by atoms with E-state index in [0.717, 1.165) is 24.9 Å². The summed E-state index contributed by atoms with van der Waals surface area (Å²) in [5, 5.41) is 2.51. The Bertz CT molecular complexity index is 4120. The number of hydrogen-bond donors (Lipinski definition) is 0. The lowest BCUT2D eigenvalue weighted by atomic mass is 9.33. The van der Waals surface area contributed by atoms with Crippen LogP contribution in [-0.2, 0) is 11.8 Å². The Kier molecular flexibility index (Phi) is 11.6. The molecule has 0 radical (unpaired) electrons. The number of aryl methyl sites for hydroxylation is 1. The smallest absolute Gasteiger partial charge is 0.252 e. The second-order valence-electron chi connectivity index (χ2n) is 22.3. The third kappa shape index (κ3) is 7.89. The highest BCUT2D eigenvalue weighted by atomic mass is 15.2. The molecule has 11 aromatic carbocycles. The van der Waals surface area contributed by atoms with Gasteiger partial charge in [-0.1, -0.05) is 240 Å². The van der Waals surface area contributed by atoms with E-state index in [1.54, 1.807) is 0 Å². The molecule has 1 aromatic heterocycles. The maximum Gasteiger partial charge on any atom is 0.252 e. The van der Waals surface area contributed by atoms with Crippen LogP contribution in [0.25, 0.3) is 72.0 Å². The quantitative estimate of drug-likeness (QED) is 0.127. The van der Waals surface area contributed by atoms with E-state index in [-0.39, 0.29) is 12.1 Å². The summed E-state index contributed by atoms with van der Waals surface area (Å²) in [5.74, 6) is 0. The Balaban J connectivity index is 1.14. The lowest BCUT2D eigenvalue weighted by Gasteiger charge is -2.46. The van der Waals surface area contributed by atoms with Gasteiger partial charge in [0.1, 0.15) is 0 Å². The van der Waals surface area contributed by atoms with E-state index in [4.69, 9.17) is 0 Å². The van der Waals surface area contributed by atoms with Gasteiger partial charge >= 0.3 is 0 Å². The SMILES string of the molecule is CCCCc1ccc(-c2ccccc2)cc1N1c2cc(-n3c4ccccc4c4ccccc43)ccc2B2c3cc(-c4ccccc4)ccc3N(c3c(-c4ccccc4)cccc3-c3ccccc3)c3cc(C(C)(C)C)cc1c32. The number of para-hydroxylation sites is 3. The van der Waals surface area contributed by atoms with Crippen molar-refractivity contribution in [3.8, 4) is 50.2 Å². The minimum absolute atomic E-state index is 0.113. The highest BCUT2D eigenvalue weighted by Gasteiger charge is 2.45. The number of hydrogen-bond acceptors (Lipinski definition) is 2. The van der Waals surface area contributed by atoms with Crippen LogP contribution in [0, 0.1) is 0 Å². The molecule has 2 aliphatic rings. The first-order valence-electron chi connectivity index (χ1n) is 27.8. The summed E-state index contributed by atoms with van der Waals surface area (Å²) in [7, 11) is 0. The van der Waals surface area contributed by atoms with Crippen molar-refractivity contribution in [3.05, 3.63) is 266 Å². The monoisotopic (exact) mass is 1000 g/mol. The average Bonchev–Trinajstić information content (AvgIpc) is 3.73. The Morgan fingerprint density at radius 1 is 0.385 bits per heavy atom. The lowest BCUT2D eigenvalue weighted by Crippen LogP contribution is -2.61. The van der Waals surface area contributed by atoms with Crippen LogP contribution in [0.1, 0.15) is 51.7 Å². The van der Waals surface area contributed by atoms with Crippen molar-refractivity contribution >= 4 is 79.0 Å². The van der Waals surface area contributed by atoms with Crippen molar-refractivity contribution in [2.75, 3.05) is 9.80 Å². The summed E-state index contributed by atoms with van der Waals surface area (Å²) in [6.07, 6.45) is 3.15. The highest BCUT2D eigenvalue weighted by Crippen LogP contribution is 2.52. The summed E-state index contributed by atoms with van der Waals surface area (Å²) in [6, 6.07) is 95.6. The number of fused-ring (bicyclic) bond motifs is 7. The van der Waals surface area contributed by atoms with Crippen molar-refractivity contribution < 1.29 is 0 Å². The molecule has 12 aromatic rings. The van der Waals surface area contributed by atoms with Gasteiger partial charge in [0.2, 0.25) is 0 Å². The molecule has 0 unspecified atom stereocenters. The fraction of sp³-hybridized carbons (Fsp3) is 0.108. The minimum Gasteiger partial charge on any atom is -0.311 e. The molecule has 0 atom stereocenters. The Morgan fingerprint density at radius 3 is 1.49 bits per heavy atom. The average molecular weight is 1000 g/mol. The van der Waals surface area contributed by atoms with Crippen LogP contribution in [0.3, 0.4) is 0 Å². The number of nitrogens with zero attached hydrogens (tertiary/aromatic N) is 3. The fourth-order valence-corrected chi connectivity index (χ4v) is 12.7. The Labute approximate surface area is 459 Å². The topological polar surface area (TPSA) is 11.4 Å². The molecule has 14 rings (SSSR count). The molecular weight excluding hydrogens is 942 g/mol. The molecule has 0 bridgehead atoms. The Hall–Kier alpha value is -9.12. The van der Waals surface area contributed by atoms with Crippen LogP contribution in [-0.4, -0.2) is 11.3 Å². The molecule has 0 fully saturated rings. The van der Waals surface area contributed by atoms with E-state index in [2.05, 4.69) is 297 Å². The van der Waals surface area contributed by atoms with Gasteiger partial charge in [-0.25, -0.2) is 0 Å². The predicted octanol–water partition coefficient (Wildman–Crippen LogP) is 18.2. The van der Waals surface area contributed by atoms with Crippen LogP contribution in [0.5, 0.6) is 0 Å². The van der Waals surface area contributed by atoms with Crippen LogP contribution in [0.15, 0.2) is 255 Å². The first kappa shape index (κ1) is 47.3. The molecule has 374 valence electrons. The van der Waals surface area contributed by atoms with Gasteiger partial charge in [0.15, 0.2) is 0 Å². The van der Waals surface area contributed by atoms with Crippen molar-refractivity contribution in [2.45, 2.75) is 52.4 Å². The molecule has 2 aliphatic heterocycles. The highest BCUT2D eigenvalue weighted by molar-refractivity contribution is 7.00. The molecule has 78 heavy (non-hydrogen) atoms. The number of benzene rings is 11. The fourth-order valence-electron chi connectivity index (χ4n) is 12.7. The van der Waals surface area contributed by atoms with Gasteiger partial charge in [-0.2, -0.15) is 0 Å². The third-order valence-electron chi connectivity index (χ3n) is 16.5. The predicted molar refractivity (Wildman–Crippen MR) is 334 cm³/mol. The molecule has 4 heteroatoms. The summed E-state index contributed by atoms with van der Waals surface area (Å²) < 4.78 is 2.49. The summed E-state index contributed by atoms with van der Waals surface area (Å²) in [6.45, 7) is 9.34. The largest absolute Gasteiger partial charge is 0.311 e. The first-order chi connectivity index (χ1) is 38.3. The van der Waals surface area contributed by atoms with Crippen LogP contribution >= 0.6 is 0 Å². The van der Waals surface area contributed by atoms with Crippen molar-refractivity contribution in [2.24, 2.45) is 0 Å². The van der Waals surface area contributed by atoms with Gasteiger partial charge in [-0.05, 0) is 128 Å². The molecule has 3 heterocycles. The van der Waals surface area contributed by atoms with E-state index < -0.39 is 0 Å². The van der Waals surface area contributed by atoms with Crippen molar-refractivity contribution in [1.82, 2.24) is 4.57 Å². The second kappa shape index (κ2) is 19.2. The molecule has 0 aliphatic carbocycles. The Morgan fingerprint density at radius 2 is 0.910 bits per heavy atom. The molecule has 0 N–H and O–H groups in total. The van der Waals surface area contributed by atoms with E-state index in [1.165, 1.54) is 128 Å². The molecule has 3 nitrogen and oxygen atoms in total. The van der Waals surface area contributed by atoms with Crippen molar-refractivity contribution in [1.29, 1.82) is 0 Å².